The summed E-state index contributed by atoms with van der Waals surface area (Å²) in [6, 6.07) is 11.1. The maximum absolute atomic E-state index is 12.5. The molecule has 160 valence electrons. The third-order valence-corrected chi connectivity index (χ3v) is 5.61. The Kier molecular flexibility index (Phi) is 5.15. The second kappa shape index (κ2) is 8.25. The predicted octanol–water partition coefficient (Wildman–Crippen LogP) is 3.37. The fourth-order valence-electron chi connectivity index (χ4n) is 3.57. The van der Waals surface area contributed by atoms with Crippen LogP contribution in [0.1, 0.15) is 24.7 Å². The number of carbonyl (C=O) groups is 1. The lowest BCUT2D eigenvalue weighted by Crippen LogP contribution is -2.50. The maximum atomic E-state index is 12.5. The summed E-state index contributed by atoms with van der Waals surface area (Å²) in [5, 5.41) is 7.00. The summed E-state index contributed by atoms with van der Waals surface area (Å²) >= 11 is 0. The SMILES string of the molecule is COc1ccc(NC(=O)N2CCN(c3ccc(-c4noc(C5CC5)n4)cn3)CC2)cc1. The molecule has 2 fully saturated rings. The molecule has 0 bridgehead atoms. The zero-order valence-corrected chi connectivity index (χ0v) is 17.3. The highest BCUT2D eigenvalue weighted by Crippen LogP contribution is 2.39. The van der Waals surface area contributed by atoms with E-state index in [0.29, 0.717) is 24.8 Å². The first-order chi connectivity index (χ1) is 15.2. The van der Waals surface area contributed by atoms with Gasteiger partial charge in [-0.15, -0.1) is 0 Å². The molecule has 1 saturated carbocycles. The Morgan fingerprint density at radius 3 is 2.52 bits per heavy atom. The van der Waals surface area contributed by atoms with Gasteiger partial charge in [0.1, 0.15) is 11.6 Å². The minimum absolute atomic E-state index is 0.100. The molecule has 31 heavy (non-hydrogen) atoms. The van der Waals surface area contributed by atoms with Crippen molar-refractivity contribution in [1.82, 2.24) is 20.0 Å². The van der Waals surface area contributed by atoms with Crippen LogP contribution in [0.2, 0.25) is 0 Å². The zero-order valence-electron chi connectivity index (χ0n) is 17.3. The summed E-state index contributed by atoms with van der Waals surface area (Å²) < 4.78 is 10.5. The minimum atomic E-state index is -0.100. The number of pyridine rings is 1. The van der Waals surface area contributed by atoms with Crippen LogP contribution in [0.3, 0.4) is 0 Å². The average Bonchev–Trinajstić information content (AvgIpc) is 3.56. The molecule has 2 amide bonds. The van der Waals surface area contributed by atoms with Crippen molar-refractivity contribution in [3.05, 3.63) is 48.5 Å². The number of urea groups is 1. The first-order valence-electron chi connectivity index (χ1n) is 10.4. The first kappa shape index (κ1) is 19.3. The number of carbonyl (C=O) groups excluding carboxylic acids is 1. The lowest BCUT2D eigenvalue weighted by molar-refractivity contribution is 0.208. The number of amides is 2. The summed E-state index contributed by atoms with van der Waals surface area (Å²) in [7, 11) is 1.62. The molecule has 9 heteroatoms. The highest BCUT2D eigenvalue weighted by Gasteiger charge is 2.30. The Bertz CT molecular complexity index is 1040. The Labute approximate surface area is 180 Å². The van der Waals surface area contributed by atoms with Crippen molar-refractivity contribution in [2.24, 2.45) is 0 Å². The number of benzene rings is 1. The van der Waals surface area contributed by atoms with Gasteiger partial charge in [-0.2, -0.15) is 4.98 Å². The molecule has 5 rings (SSSR count). The van der Waals surface area contributed by atoms with Crippen LogP contribution in [0.4, 0.5) is 16.3 Å². The van der Waals surface area contributed by atoms with E-state index in [1.165, 1.54) is 0 Å². The highest BCUT2D eigenvalue weighted by atomic mass is 16.5. The Hall–Kier alpha value is -3.62. The molecular formula is C22H24N6O3. The van der Waals surface area contributed by atoms with E-state index in [2.05, 4.69) is 25.3 Å². The molecule has 0 radical (unpaired) electrons. The molecule has 1 aliphatic carbocycles. The number of rotatable bonds is 5. The van der Waals surface area contributed by atoms with Gasteiger partial charge in [-0.25, -0.2) is 9.78 Å². The molecule has 3 heterocycles. The third kappa shape index (κ3) is 4.30. The molecule has 1 aliphatic heterocycles. The molecule has 2 aromatic heterocycles. The third-order valence-electron chi connectivity index (χ3n) is 5.61. The number of methoxy groups -OCH3 is 1. The molecule has 2 aliphatic rings. The van der Waals surface area contributed by atoms with Gasteiger partial charge in [0.05, 0.1) is 7.11 Å². The quantitative estimate of drug-likeness (QED) is 0.676. The van der Waals surface area contributed by atoms with Crippen molar-refractivity contribution in [3.8, 4) is 17.1 Å². The summed E-state index contributed by atoms with van der Waals surface area (Å²) in [6.45, 7) is 2.69. The summed E-state index contributed by atoms with van der Waals surface area (Å²) in [5.74, 6) is 3.38. The van der Waals surface area contributed by atoms with Gasteiger partial charge in [-0.05, 0) is 49.2 Å². The second-order valence-electron chi connectivity index (χ2n) is 7.77. The predicted molar refractivity (Wildman–Crippen MR) is 115 cm³/mol. The van der Waals surface area contributed by atoms with Gasteiger partial charge in [0.15, 0.2) is 0 Å². The van der Waals surface area contributed by atoms with Crippen LogP contribution in [0.5, 0.6) is 5.75 Å². The van der Waals surface area contributed by atoms with Crippen LogP contribution in [0.15, 0.2) is 47.1 Å². The number of nitrogens with zero attached hydrogens (tertiary/aromatic N) is 5. The Morgan fingerprint density at radius 2 is 1.87 bits per heavy atom. The van der Waals surface area contributed by atoms with Gasteiger partial charge in [0.25, 0.3) is 0 Å². The topological polar surface area (TPSA) is 96.6 Å². The minimum Gasteiger partial charge on any atom is -0.497 e. The number of nitrogens with one attached hydrogen (secondary N) is 1. The van der Waals surface area contributed by atoms with E-state index in [4.69, 9.17) is 9.26 Å². The van der Waals surface area contributed by atoms with Gasteiger partial charge in [-0.3, -0.25) is 0 Å². The Morgan fingerprint density at radius 1 is 1.10 bits per heavy atom. The molecule has 0 spiro atoms. The molecule has 0 atom stereocenters. The smallest absolute Gasteiger partial charge is 0.321 e. The number of ether oxygens (including phenoxy) is 1. The monoisotopic (exact) mass is 420 g/mol. The van der Waals surface area contributed by atoms with Gasteiger partial charge < -0.3 is 24.4 Å². The maximum Gasteiger partial charge on any atom is 0.321 e. The average molecular weight is 420 g/mol. The van der Waals surface area contributed by atoms with Crippen molar-refractivity contribution in [1.29, 1.82) is 0 Å². The summed E-state index contributed by atoms with van der Waals surface area (Å²) in [4.78, 5) is 25.6. The number of hydrogen-bond acceptors (Lipinski definition) is 7. The van der Waals surface area contributed by atoms with Gasteiger partial charge in [0.2, 0.25) is 11.7 Å². The van der Waals surface area contributed by atoms with Gasteiger partial charge in [-0.1, -0.05) is 5.16 Å². The number of piperazine rings is 1. The number of hydrogen-bond donors (Lipinski definition) is 1. The largest absolute Gasteiger partial charge is 0.497 e. The standard InChI is InChI=1S/C22H24N6O3/c1-30-18-7-5-17(6-8-18)24-22(29)28-12-10-27(11-13-28)19-9-4-16(14-23-19)20-25-21(31-26-20)15-2-3-15/h4-9,14-15H,2-3,10-13H2,1H3,(H,24,29). The Balaban J connectivity index is 1.15. The second-order valence-corrected chi connectivity index (χ2v) is 7.77. The normalized spacial score (nSPS) is 16.3. The molecule has 1 N–H and O–H groups in total. The van der Waals surface area contributed by atoms with Crippen LogP contribution in [-0.2, 0) is 0 Å². The van der Waals surface area contributed by atoms with Crippen LogP contribution in [0, 0.1) is 0 Å². The van der Waals surface area contributed by atoms with E-state index in [0.717, 1.165) is 54.6 Å². The lowest BCUT2D eigenvalue weighted by atomic mass is 10.2. The summed E-state index contributed by atoms with van der Waals surface area (Å²) in [6.07, 6.45) is 4.03. The molecule has 9 nitrogen and oxygen atoms in total. The van der Waals surface area contributed by atoms with E-state index < -0.39 is 0 Å². The van der Waals surface area contributed by atoms with Crippen molar-refractivity contribution in [2.45, 2.75) is 18.8 Å². The molecule has 1 saturated heterocycles. The van der Waals surface area contributed by atoms with Crippen LogP contribution < -0.4 is 15.0 Å². The van der Waals surface area contributed by atoms with Crippen molar-refractivity contribution in [3.63, 3.8) is 0 Å². The van der Waals surface area contributed by atoms with E-state index >= 15 is 0 Å². The van der Waals surface area contributed by atoms with E-state index in [9.17, 15) is 4.79 Å². The van der Waals surface area contributed by atoms with Crippen molar-refractivity contribution in [2.75, 3.05) is 43.5 Å². The zero-order chi connectivity index (χ0) is 21.2. The lowest BCUT2D eigenvalue weighted by Gasteiger charge is -2.35. The fraction of sp³-hybridized carbons (Fsp3) is 0.364. The van der Waals surface area contributed by atoms with E-state index in [1.54, 1.807) is 13.3 Å². The highest BCUT2D eigenvalue weighted by molar-refractivity contribution is 5.89. The molecular weight excluding hydrogens is 396 g/mol. The molecule has 1 aromatic carbocycles. The van der Waals surface area contributed by atoms with Crippen LogP contribution >= 0.6 is 0 Å². The van der Waals surface area contributed by atoms with Gasteiger partial charge in [0, 0.05) is 49.5 Å². The first-order valence-corrected chi connectivity index (χ1v) is 10.4. The van der Waals surface area contributed by atoms with Gasteiger partial charge >= 0.3 is 6.03 Å². The van der Waals surface area contributed by atoms with E-state index in [1.807, 2.05) is 41.3 Å². The van der Waals surface area contributed by atoms with E-state index in [-0.39, 0.29) is 6.03 Å². The molecule has 0 unspecified atom stereocenters. The van der Waals surface area contributed by atoms with Crippen molar-refractivity contribution < 1.29 is 14.1 Å². The number of anilines is 2. The van der Waals surface area contributed by atoms with Crippen LogP contribution in [-0.4, -0.2) is 59.3 Å². The summed E-state index contributed by atoms with van der Waals surface area (Å²) in [5.41, 5.74) is 1.59. The fourth-order valence-corrected chi connectivity index (χ4v) is 3.57. The van der Waals surface area contributed by atoms with Crippen molar-refractivity contribution >= 4 is 17.5 Å². The van der Waals surface area contributed by atoms with Crippen LogP contribution in [0.25, 0.3) is 11.4 Å². The number of aromatic nitrogens is 3. The molecule has 3 aromatic rings.